The number of unbranched alkanes of at least 4 members (excludes halogenated alkanes) is 18. The van der Waals surface area contributed by atoms with Crippen molar-refractivity contribution in [1.29, 1.82) is 0 Å². The summed E-state index contributed by atoms with van der Waals surface area (Å²) in [5.74, 6) is 7.28. The molecule has 0 radical (unpaired) electrons. The van der Waals surface area contributed by atoms with Gasteiger partial charge in [-0.15, -0.1) is 11.1 Å². The lowest BCUT2D eigenvalue weighted by Crippen LogP contribution is -2.26. The molecule has 0 saturated carbocycles. The van der Waals surface area contributed by atoms with Crippen LogP contribution < -0.4 is 0 Å². The Morgan fingerprint density at radius 2 is 0.735 bits per heavy atom. The highest BCUT2D eigenvalue weighted by Gasteiger charge is 2.42. The lowest BCUT2D eigenvalue weighted by molar-refractivity contribution is 0.396. The van der Waals surface area contributed by atoms with E-state index < -0.39 is 16.1 Å². The maximum Gasteiger partial charge on any atom is 0.129 e. The molecule has 0 saturated heterocycles. The minimum Gasteiger partial charge on any atom is -0.127 e. The van der Waals surface area contributed by atoms with Crippen LogP contribution >= 0.6 is 0 Å². The molecule has 0 atom stereocenters. The van der Waals surface area contributed by atoms with Crippen molar-refractivity contribution in [2.75, 3.05) is 0 Å². The average Bonchev–Trinajstić information content (AvgIpc) is 3.32. The van der Waals surface area contributed by atoms with Gasteiger partial charge in [0.1, 0.15) is 16.1 Å². The molecule has 1 aliphatic carbocycles. The summed E-state index contributed by atoms with van der Waals surface area (Å²) in [5, 5.41) is 0. The quantitative estimate of drug-likeness (QED) is 0.0654. The number of fused-ring (bicyclic) bond motifs is 3. The van der Waals surface area contributed by atoms with Crippen molar-refractivity contribution < 1.29 is 0 Å². The first-order valence-corrected chi connectivity index (χ1v) is 27.8. The van der Waals surface area contributed by atoms with Crippen LogP contribution in [0.5, 0.6) is 0 Å². The van der Waals surface area contributed by atoms with Crippen LogP contribution in [0.15, 0.2) is 36.4 Å². The molecule has 0 bridgehead atoms. The van der Waals surface area contributed by atoms with Crippen molar-refractivity contribution in [3.05, 3.63) is 58.7 Å². The molecule has 1 aliphatic rings. The molecule has 0 heterocycles. The lowest BCUT2D eigenvalue weighted by Gasteiger charge is -2.33. The summed E-state index contributed by atoms with van der Waals surface area (Å²) >= 11 is 0. The molecule has 0 unspecified atom stereocenters. The Morgan fingerprint density at radius 1 is 0.429 bits per heavy atom. The molecule has 0 N–H and O–H groups in total. The van der Waals surface area contributed by atoms with E-state index in [2.05, 4.69) is 112 Å². The maximum atomic E-state index is 3.67. The van der Waals surface area contributed by atoms with Crippen LogP contribution in [0, 0.1) is 22.9 Å². The minimum absolute atomic E-state index is 0.0681. The minimum atomic E-state index is -1.46. The van der Waals surface area contributed by atoms with Gasteiger partial charge in [-0.2, -0.15) is 0 Å². The summed E-state index contributed by atoms with van der Waals surface area (Å²) in [6.45, 7) is 18.8. The summed E-state index contributed by atoms with van der Waals surface area (Å²) in [7, 11) is -2.93. The molecular formula is C47H74Si2. The van der Waals surface area contributed by atoms with Crippen molar-refractivity contribution in [3.8, 4) is 34.1 Å². The number of benzene rings is 2. The Bertz CT molecular complexity index is 1270. The highest BCUT2D eigenvalue weighted by atomic mass is 28.3. The van der Waals surface area contributed by atoms with Crippen LogP contribution in [0.3, 0.4) is 0 Å². The SMILES string of the molecule is CCCCCCCCCCCCC1(CCCCCCCCCCCC)c2cc(C#C[Si](C)(C)C)ccc2-c2ccc(C#C[Si](C)(C)C)cc21. The molecule has 0 spiro atoms. The molecular weight excluding hydrogens is 621 g/mol. The van der Waals surface area contributed by atoms with E-state index in [9.17, 15) is 0 Å². The van der Waals surface area contributed by atoms with Gasteiger partial charge in [0, 0.05) is 16.5 Å². The van der Waals surface area contributed by atoms with Gasteiger partial charge in [-0.1, -0.05) is 206 Å². The normalized spacial score (nSPS) is 13.3. The van der Waals surface area contributed by atoms with Crippen molar-refractivity contribution in [2.45, 2.75) is 200 Å². The zero-order valence-corrected chi connectivity index (χ0v) is 35.5. The molecule has 0 aliphatic heterocycles. The van der Waals surface area contributed by atoms with E-state index in [1.165, 1.54) is 164 Å². The summed E-state index contributed by atoms with van der Waals surface area (Å²) in [4.78, 5) is 0. The second kappa shape index (κ2) is 21.4. The molecule has 0 fully saturated rings. The molecule has 49 heavy (non-hydrogen) atoms. The molecule has 2 aromatic carbocycles. The number of hydrogen-bond donors (Lipinski definition) is 0. The Hall–Kier alpha value is -2.01. The predicted molar refractivity (Wildman–Crippen MR) is 226 cm³/mol. The third-order valence-corrected chi connectivity index (χ3v) is 12.2. The Kier molecular flexibility index (Phi) is 18.1. The summed E-state index contributed by atoms with van der Waals surface area (Å²) in [6, 6.07) is 14.5. The van der Waals surface area contributed by atoms with Crippen LogP contribution in [0.25, 0.3) is 11.1 Å². The first-order valence-electron chi connectivity index (χ1n) is 20.8. The fourth-order valence-corrected chi connectivity index (χ4v) is 8.70. The van der Waals surface area contributed by atoms with Gasteiger partial charge in [-0.25, -0.2) is 0 Å². The number of rotatable bonds is 22. The molecule has 270 valence electrons. The van der Waals surface area contributed by atoms with E-state index in [1.54, 1.807) is 11.1 Å². The van der Waals surface area contributed by atoms with Crippen LogP contribution in [-0.2, 0) is 5.41 Å². The van der Waals surface area contributed by atoms with E-state index in [0.717, 1.165) is 0 Å². The summed E-state index contributed by atoms with van der Waals surface area (Å²) in [5.41, 5.74) is 15.9. The molecule has 3 rings (SSSR count). The van der Waals surface area contributed by atoms with Gasteiger partial charge in [0.15, 0.2) is 0 Å². The summed E-state index contributed by atoms with van der Waals surface area (Å²) in [6.07, 6.45) is 30.2. The standard InChI is InChI=1S/C47H74Si2/c1-9-11-13-15-17-19-21-23-25-27-35-47(36-28-26-24-22-20-18-16-14-12-10-2)45-39-41(33-37-48(3,4)5)29-31-43(45)44-32-30-42(40-46(44)47)34-38-49(6,7)8/h29-32,39-40H,9-28,35-36H2,1-8H3. The van der Waals surface area contributed by atoms with Crippen molar-refractivity contribution >= 4 is 16.1 Å². The molecule has 2 heteroatoms. The predicted octanol–water partition coefficient (Wildman–Crippen LogP) is 15.0. The van der Waals surface area contributed by atoms with Crippen molar-refractivity contribution in [1.82, 2.24) is 0 Å². The molecule has 0 amide bonds. The fraction of sp³-hybridized carbons (Fsp3) is 0.660. The van der Waals surface area contributed by atoms with E-state index in [4.69, 9.17) is 0 Å². The molecule has 2 aromatic rings. The largest absolute Gasteiger partial charge is 0.129 e. The smallest absolute Gasteiger partial charge is 0.127 e. The highest BCUT2D eigenvalue weighted by molar-refractivity contribution is 6.84. The Morgan fingerprint density at radius 3 is 1.04 bits per heavy atom. The topological polar surface area (TPSA) is 0 Å². The van der Waals surface area contributed by atoms with Gasteiger partial charge >= 0.3 is 0 Å². The second-order valence-electron chi connectivity index (χ2n) is 17.5. The van der Waals surface area contributed by atoms with Crippen molar-refractivity contribution in [2.24, 2.45) is 0 Å². The van der Waals surface area contributed by atoms with Gasteiger partial charge in [0.25, 0.3) is 0 Å². The Labute approximate surface area is 307 Å². The van der Waals surface area contributed by atoms with E-state index in [-0.39, 0.29) is 5.41 Å². The average molecular weight is 695 g/mol. The monoisotopic (exact) mass is 695 g/mol. The zero-order chi connectivity index (χ0) is 35.6. The van der Waals surface area contributed by atoms with Crippen LogP contribution in [-0.4, -0.2) is 16.1 Å². The van der Waals surface area contributed by atoms with Gasteiger partial charge in [0.2, 0.25) is 0 Å². The third-order valence-electron chi connectivity index (χ3n) is 10.4. The van der Waals surface area contributed by atoms with Gasteiger partial charge < -0.3 is 0 Å². The fourth-order valence-electron chi connectivity index (χ4n) is 7.66. The van der Waals surface area contributed by atoms with E-state index >= 15 is 0 Å². The summed E-state index contributed by atoms with van der Waals surface area (Å²) < 4.78 is 0. The van der Waals surface area contributed by atoms with Crippen LogP contribution in [0.2, 0.25) is 39.3 Å². The highest BCUT2D eigenvalue weighted by Crippen LogP contribution is 2.54. The first kappa shape index (κ1) is 41.4. The second-order valence-corrected chi connectivity index (χ2v) is 27.0. The lowest BCUT2D eigenvalue weighted by atomic mass is 9.70. The van der Waals surface area contributed by atoms with Crippen molar-refractivity contribution in [3.63, 3.8) is 0 Å². The van der Waals surface area contributed by atoms with E-state index in [1.807, 2.05) is 0 Å². The van der Waals surface area contributed by atoms with Crippen LogP contribution in [0.4, 0.5) is 0 Å². The first-order chi connectivity index (χ1) is 23.5. The zero-order valence-electron chi connectivity index (χ0n) is 33.5. The van der Waals surface area contributed by atoms with E-state index in [0.29, 0.717) is 0 Å². The van der Waals surface area contributed by atoms with Crippen LogP contribution in [0.1, 0.15) is 177 Å². The number of hydrogen-bond acceptors (Lipinski definition) is 0. The molecule has 0 aromatic heterocycles. The molecule has 0 nitrogen and oxygen atoms in total. The van der Waals surface area contributed by atoms with Gasteiger partial charge in [0.05, 0.1) is 0 Å². The Balaban J connectivity index is 1.87. The maximum absolute atomic E-state index is 3.67. The third kappa shape index (κ3) is 14.6. The van der Waals surface area contributed by atoms with Gasteiger partial charge in [-0.05, 0) is 59.4 Å². The van der Waals surface area contributed by atoms with Gasteiger partial charge in [-0.3, -0.25) is 0 Å².